The fourth-order valence-electron chi connectivity index (χ4n) is 2.40. The summed E-state index contributed by atoms with van der Waals surface area (Å²) >= 11 is 2.91. The maximum absolute atomic E-state index is 12.7. The molecule has 23 heavy (non-hydrogen) atoms. The molecule has 0 spiro atoms. The van der Waals surface area contributed by atoms with Gasteiger partial charge in [0.15, 0.2) is 5.16 Å². The van der Waals surface area contributed by atoms with E-state index in [2.05, 4.69) is 4.98 Å². The molecule has 0 unspecified atom stereocenters. The highest BCUT2D eigenvalue weighted by Crippen LogP contribution is 2.23. The number of thioether (sulfide) groups is 1. The van der Waals surface area contributed by atoms with Gasteiger partial charge in [-0.25, -0.2) is 9.78 Å². The van der Waals surface area contributed by atoms with Crippen LogP contribution in [0.1, 0.15) is 20.8 Å². The first-order chi connectivity index (χ1) is 11.0. The number of carbonyl (C=O) groups is 1. The second-order valence-electron chi connectivity index (χ2n) is 5.07. The van der Waals surface area contributed by atoms with E-state index in [-0.39, 0.29) is 11.1 Å². The summed E-state index contributed by atoms with van der Waals surface area (Å²) in [6.45, 7) is 2.25. The Balaban J connectivity index is 2.12. The number of aryl methyl sites for hydroxylation is 1. The number of rotatable bonds is 4. The number of aromatic carboxylic acids is 1. The fraction of sp³-hybridized carbons (Fsp3) is 0.188. The SMILES string of the molecule is CSc1nc2sc(C)cc2c(=O)n1Cc1cccc(C(=O)O)c1. The molecule has 0 aliphatic rings. The summed E-state index contributed by atoms with van der Waals surface area (Å²) in [5, 5.41) is 10.3. The van der Waals surface area contributed by atoms with Crippen LogP contribution in [-0.4, -0.2) is 26.9 Å². The molecule has 0 bridgehead atoms. The number of carboxylic acid groups (broad SMARTS) is 1. The lowest BCUT2D eigenvalue weighted by Crippen LogP contribution is -2.23. The van der Waals surface area contributed by atoms with Crippen LogP contribution in [0.5, 0.6) is 0 Å². The summed E-state index contributed by atoms with van der Waals surface area (Å²) in [7, 11) is 0. The van der Waals surface area contributed by atoms with E-state index in [1.165, 1.54) is 29.2 Å². The van der Waals surface area contributed by atoms with Crippen molar-refractivity contribution in [3.8, 4) is 0 Å². The average molecular weight is 346 g/mol. The smallest absolute Gasteiger partial charge is 0.335 e. The van der Waals surface area contributed by atoms with Crippen LogP contribution in [-0.2, 0) is 6.54 Å². The van der Waals surface area contributed by atoms with Gasteiger partial charge in [-0.1, -0.05) is 23.9 Å². The Hall–Kier alpha value is -2.12. The van der Waals surface area contributed by atoms with Crippen molar-refractivity contribution in [1.82, 2.24) is 9.55 Å². The first-order valence-electron chi connectivity index (χ1n) is 6.87. The van der Waals surface area contributed by atoms with Gasteiger partial charge in [-0.15, -0.1) is 11.3 Å². The third-order valence-electron chi connectivity index (χ3n) is 3.44. The van der Waals surface area contributed by atoms with Gasteiger partial charge in [0.2, 0.25) is 0 Å². The Bertz CT molecular complexity index is 960. The lowest BCUT2D eigenvalue weighted by molar-refractivity contribution is 0.0696. The molecule has 1 N–H and O–H groups in total. The van der Waals surface area contributed by atoms with Crippen molar-refractivity contribution >= 4 is 39.3 Å². The highest BCUT2D eigenvalue weighted by atomic mass is 32.2. The molecule has 0 aliphatic carbocycles. The number of benzene rings is 1. The van der Waals surface area contributed by atoms with E-state index in [1.54, 1.807) is 16.7 Å². The molecule has 0 atom stereocenters. The van der Waals surface area contributed by atoms with Crippen LogP contribution < -0.4 is 5.56 Å². The van der Waals surface area contributed by atoms with Crippen LogP contribution >= 0.6 is 23.1 Å². The van der Waals surface area contributed by atoms with Crippen molar-refractivity contribution < 1.29 is 9.90 Å². The van der Waals surface area contributed by atoms with Crippen molar-refractivity contribution in [2.45, 2.75) is 18.6 Å². The van der Waals surface area contributed by atoms with Crippen LogP contribution in [0.3, 0.4) is 0 Å². The van der Waals surface area contributed by atoms with Gasteiger partial charge < -0.3 is 5.11 Å². The minimum Gasteiger partial charge on any atom is -0.478 e. The normalized spacial score (nSPS) is 11.0. The van der Waals surface area contributed by atoms with Gasteiger partial charge in [0.25, 0.3) is 5.56 Å². The number of hydrogen-bond donors (Lipinski definition) is 1. The highest BCUT2D eigenvalue weighted by Gasteiger charge is 2.13. The van der Waals surface area contributed by atoms with Gasteiger partial charge >= 0.3 is 5.97 Å². The van der Waals surface area contributed by atoms with Gasteiger partial charge in [0, 0.05) is 4.88 Å². The Morgan fingerprint density at radius 3 is 2.87 bits per heavy atom. The van der Waals surface area contributed by atoms with Crippen LogP contribution in [0, 0.1) is 6.92 Å². The van der Waals surface area contributed by atoms with E-state index in [0.717, 1.165) is 15.3 Å². The second-order valence-corrected chi connectivity index (χ2v) is 7.08. The van der Waals surface area contributed by atoms with Gasteiger partial charge in [-0.3, -0.25) is 9.36 Å². The van der Waals surface area contributed by atoms with E-state index in [4.69, 9.17) is 5.11 Å². The lowest BCUT2D eigenvalue weighted by atomic mass is 10.1. The number of thiophene rings is 1. The second kappa shape index (κ2) is 6.17. The standard InChI is InChI=1S/C16H14N2O3S2/c1-9-6-12-13(23-9)17-16(22-2)18(14(12)19)8-10-4-3-5-11(7-10)15(20)21/h3-7H,8H2,1-2H3,(H,20,21). The predicted octanol–water partition coefficient (Wildman–Crippen LogP) is 3.23. The number of nitrogens with zero attached hydrogens (tertiary/aromatic N) is 2. The zero-order valence-electron chi connectivity index (χ0n) is 12.6. The van der Waals surface area contributed by atoms with Crippen LogP contribution in [0.4, 0.5) is 0 Å². The minimum atomic E-state index is -0.980. The molecule has 2 aromatic heterocycles. The molecular formula is C16H14N2O3S2. The molecule has 1 aromatic carbocycles. The molecule has 7 heteroatoms. The highest BCUT2D eigenvalue weighted by molar-refractivity contribution is 7.98. The summed E-state index contributed by atoms with van der Waals surface area (Å²) < 4.78 is 1.60. The molecule has 0 fully saturated rings. The van der Waals surface area contributed by atoms with E-state index in [9.17, 15) is 9.59 Å². The van der Waals surface area contributed by atoms with Gasteiger partial charge in [0.1, 0.15) is 4.83 Å². The maximum atomic E-state index is 12.7. The number of aromatic nitrogens is 2. The molecule has 0 radical (unpaired) electrons. The van der Waals surface area contributed by atoms with Gasteiger partial charge in [0.05, 0.1) is 17.5 Å². The molecular weight excluding hydrogens is 332 g/mol. The van der Waals surface area contributed by atoms with E-state index in [0.29, 0.717) is 17.1 Å². The molecule has 118 valence electrons. The number of fused-ring (bicyclic) bond motifs is 1. The molecule has 0 aliphatic heterocycles. The zero-order valence-corrected chi connectivity index (χ0v) is 14.2. The van der Waals surface area contributed by atoms with E-state index in [1.807, 2.05) is 25.3 Å². The molecule has 0 saturated carbocycles. The lowest BCUT2D eigenvalue weighted by Gasteiger charge is -2.11. The molecule has 3 rings (SSSR count). The van der Waals surface area contributed by atoms with Crippen molar-refractivity contribution in [2.24, 2.45) is 0 Å². The first-order valence-corrected chi connectivity index (χ1v) is 8.91. The molecule has 2 heterocycles. The summed E-state index contributed by atoms with van der Waals surface area (Å²) in [6, 6.07) is 8.47. The fourth-order valence-corrected chi connectivity index (χ4v) is 3.88. The van der Waals surface area contributed by atoms with Crippen molar-refractivity contribution in [2.75, 3.05) is 6.26 Å². The quantitative estimate of drug-likeness (QED) is 0.580. The number of hydrogen-bond acceptors (Lipinski definition) is 5. The summed E-state index contributed by atoms with van der Waals surface area (Å²) in [4.78, 5) is 30.2. The van der Waals surface area contributed by atoms with Gasteiger partial charge in [-0.2, -0.15) is 0 Å². The van der Waals surface area contributed by atoms with E-state index < -0.39 is 5.97 Å². The predicted molar refractivity (Wildman–Crippen MR) is 92.9 cm³/mol. The van der Waals surface area contributed by atoms with Crippen molar-refractivity contribution in [3.05, 3.63) is 56.7 Å². The first kappa shape index (κ1) is 15.8. The third kappa shape index (κ3) is 3.02. The minimum absolute atomic E-state index is 0.0931. The molecule has 0 saturated heterocycles. The Morgan fingerprint density at radius 2 is 2.17 bits per heavy atom. The molecule has 3 aromatic rings. The van der Waals surface area contributed by atoms with Crippen LogP contribution in [0.25, 0.3) is 10.2 Å². The zero-order chi connectivity index (χ0) is 16.6. The van der Waals surface area contributed by atoms with Crippen molar-refractivity contribution in [1.29, 1.82) is 0 Å². The Kier molecular flexibility index (Phi) is 4.23. The maximum Gasteiger partial charge on any atom is 0.335 e. The molecule has 5 nitrogen and oxygen atoms in total. The van der Waals surface area contributed by atoms with Crippen molar-refractivity contribution in [3.63, 3.8) is 0 Å². The van der Waals surface area contributed by atoms with Crippen LogP contribution in [0.2, 0.25) is 0 Å². The summed E-state index contributed by atoms with van der Waals surface area (Å²) in [6.07, 6.45) is 1.87. The topological polar surface area (TPSA) is 72.2 Å². The average Bonchev–Trinajstić information content (AvgIpc) is 2.91. The van der Waals surface area contributed by atoms with Gasteiger partial charge in [-0.05, 0) is 36.9 Å². The van der Waals surface area contributed by atoms with E-state index >= 15 is 0 Å². The summed E-state index contributed by atoms with van der Waals surface area (Å²) in [5.74, 6) is -0.980. The monoisotopic (exact) mass is 346 g/mol. The molecule has 0 amide bonds. The van der Waals surface area contributed by atoms with Crippen LogP contribution in [0.15, 0.2) is 40.3 Å². The Morgan fingerprint density at radius 1 is 1.39 bits per heavy atom. The largest absolute Gasteiger partial charge is 0.478 e. The number of carboxylic acids is 1. The third-order valence-corrected chi connectivity index (χ3v) is 5.06. The summed E-state index contributed by atoms with van der Waals surface area (Å²) in [5.41, 5.74) is 0.876. The Labute approximate surface area is 140 Å².